The first-order chi connectivity index (χ1) is 12.8. The first kappa shape index (κ1) is 22.5. The minimum absolute atomic E-state index is 0.248. The maximum Gasteiger partial charge on any atom is 0.339 e. The van der Waals surface area contributed by atoms with Gasteiger partial charge in [-0.2, -0.15) is 0 Å². The molecule has 148 valence electrons. The summed E-state index contributed by atoms with van der Waals surface area (Å²) < 4.78 is 5.62. The van der Waals surface area contributed by atoms with Crippen LogP contribution in [0.25, 0.3) is 0 Å². The van der Waals surface area contributed by atoms with Gasteiger partial charge in [-0.15, -0.1) is 0 Å². The van der Waals surface area contributed by atoms with Crippen molar-refractivity contribution in [1.82, 2.24) is 0 Å². The van der Waals surface area contributed by atoms with Crippen LogP contribution < -0.4 is 4.74 Å². The Labute approximate surface area is 160 Å². The molecule has 0 saturated carbocycles. The first-order valence-electron chi connectivity index (χ1n) is 10.7. The molecule has 0 saturated heterocycles. The van der Waals surface area contributed by atoms with Crippen LogP contribution in [-0.4, -0.2) is 17.7 Å². The van der Waals surface area contributed by atoms with Crippen molar-refractivity contribution in [2.75, 3.05) is 6.61 Å². The first-order valence-corrected chi connectivity index (χ1v) is 10.7. The van der Waals surface area contributed by atoms with Gasteiger partial charge >= 0.3 is 5.97 Å². The van der Waals surface area contributed by atoms with Gasteiger partial charge in [0.15, 0.2) is 0 Å². The van der Waals surface area contributed by atoms with Crippen molar-refractivity contribution in [3.8, 4) is 5.75 Å². The Morgan fingerprint density at radius 1 is 0.769 bits per heavy atom. The lowest BCUT2D eigenvalue weighted by Crippen LogP contribution is -2.04. The zero-order valence-electron chi connectivity index (χ0n) is 16.7. The Hall–Kier alpha value is -1.51. The summed E-state index contributed by atoms with van der Waals surface area (Å²) in [6.45, 7) is 2.87. The second-order valence-electron chi connectivity index (χ2n) is 7.25. The highest BCUT2D eigenvalue weighted by atomic mass is 16.5. The van der Waals surface area contributed by atoms with Crippen LogP contribution in [0.4, 0.5) is 0 Å². The Morgan fingerprint density at radius 2 is 1.23 bits per heavy atom. The van der Waals surface area contributed by atoms with Crippen LogP contribution in [0.2, 0.25) is 0 Å². The third kappa shape index (κ3) is 11.2. The average molecular weight is 363 g/mol. The van der Waals surface area contributed by atoms with Gasteiger partial charge in [-0.1, -0.05) is 103 Å². The molecule has 3 nitrogen and oxygen atoms in total. The molecule has 1 rings (SSSR count). The van der Waals surface area contributed by atoms with Crippen LogP contribution in [-0.2, 0) is 0 Å². The predicted octanol–water partition coefficient (Wildman–Crippen LogP) is 7.24. The van der Waals surface area contributed by atoms with Gasteiger partial charge in [0.25, 0.3) is 0 Å². The van der Waals surface area contributed by atoms with Gasteiger partial charge in [0, 0.05) is 0 Å². The molecular formula is C23H38O3. The van der Waals surface area contributed by atoms with Crippen LogP contribution in [0.1, 0.15) is 107 Å². The molecule has 1 aromatic rings. The van der Waals surface area contributed by atoms with Crippen LogP contribution in [0.3, 0.4) is 0 Å². The third-order valence-electron chi connectivity index (χ3n) is 4.87. The van der Waals surface area contributed by atoms with Crippen molar-refractivity contribution in [1.29, 1.82) is 0 Å². The summed E-state index contributed by atoms with van der Waals surface area (Å²) in [4.78, 5) is 11.1. The number of carbonyl (C=O) groups is 1. The Morgan fingerprint density at radius 3 is 1.73 bits per heavy atom. The van der Waals surface area contributed by atoms with Crippen molar-refractivity contribution < 1.29 is 14.6 Å². The quantitative estimate of drug-likeness (QED) is 0.297. The number of carboxylic acids is 1. The van der Waals surface area contributed by atoms with Crippen LogP contribution in [0.5, 0.6) is 5.75 Å². The highest BCUT2D eigenvalue weighted by Crippen LogP contribution is 2.18. The third-order valence-corrected chi connectivity index (χ3v) is 4.87. The summed E-state index contributed by atoms with van der Waals surface area (Å²) in [6.07, 6.45) is 18.6. The van der Waals surface area contributed by atoms with E-state index in [4.69, 9.17) is 9.84 Å². The SMILES string of the molecule is CCCCCCCCCCCCCCCCOc1ccccc1C(=O)O. The predicted molar refractivity (Wildman–Crippen MR) is 109 cm³/mol. The number of unbranched alkanes of at least 4 members (excludes halogenated alkanes) is 13. The lowest BCUT2D eigenvalue weighted by molar-refractivity contribution is 0.0692. The zero-order chi connectivity index (χ0) is 18.9. The topological polar surface area (TPSA) is 46.5 Å². The van der Waals surface area contributed by atoms with E-state index in [1.807, 2.05) is 6.07 Å². The Bertz CT molecular complexity index is 470. The van der Waals surface area contributed by atoms with E-state index in [-0.39, 0.29) is 5.56 Å². The van der Waals surface area contributed by atoms with E-state index in [1.54, 1.807) is 18.2 Å². The molecule has 26 heavy (non-hydrogen) atoms. The molecule has 0 atom stereocenters. The summed E-state index contributed by atoms with van der Waals surface area (Å²) in [5.41, 5.74) is 0.248. The van der Waals surface area contributed by atoms with Gasteiger partial charge in [-0.25, -0.2) is 4.79 Å². The van der Waals surface area contributed by atoms with E-state index >= 15 is 0 Å². The van der Waals surface area contributed by atoms with Crippen molar-refractivity contribution in [2.45, 2.75) is 96.8 Å². The Balaban J connectivity index is 1.88. The lowest BCUT2D eigenvalue weighted by Gasteiger charge is -2.08. The maximum absolute atomic E-state index is 11.1. The van der Waals surface area contributed by atoms with Crippen LogP contribution >= 0.6 is 0 Å². The molecular weight excluding hydrogens is 324 g/mol. The number of benzene rings is 1. The van der Waals surface area contributed by atoms with Crippen molar-refractivity contribution in [2.24, 2.45) is 0 Å². The van der Waals surface area contributed by atoms with E-state index in [0.717, 1.165) is 12.8 Å². The molecule has 0 spiro atoms. The molecule has 3 heteroatoms. The number of hydrogen-bond acceptors (Lipinski definition) is 2. The fourth-order valence-corrected chi connectivity index (χ4v) is 3.25. The molecule has 0 radical (unpaired) electrons. The highest BCUT2D eigenvalue weighted by molar-refractivity contribution is 5.90. The number of aromatic carboxylic acids is 1. The second kappa shape index (κ2) is 15.7. The number of rotatable bonds is 17. The van der Waals surface area contributed by atoms with Gasteiger partial charge < -0.3 is 9.84 Å². The van der Waals surface area contributed by atoms with Crippen molar-refractivity contribution in [3.05, 3.63) is 29.8 Å². The summed E-state index contributed by atoms with van der Waals surface area (Å²) in [7, 11) is 0. The molecule has 0 unspecified atom stereocenters. The van der Waals surface area contributed by atoms with Gasteiger partial charge in [0.2, 0.25) is 0 Å². The molecule has 0 bridgehead atoms. The fourth-order valence-electron chi connectivity index (χ4n) is 3.25. The number of hydrogen-bond donors (Lipinski definition) is 1. The van der Waals surface area contributed by atoms with E-state index in [2.05, 4.69) is 6.92 Å². The summed E-state index contributed by atoms with van der Waals surface area (Å²) >= 11 is 0. The van der Waals surface area contributed by atoms with Gasteiger partial charge in [0.05, 0.1) is 6.61 Å². The zero-order valence-corrected chi connectivity index (χ0v) is 16.7. The van der Waals surface area contributed by atoms with Crippen LogP contribution in [0, 0.1) is 0 Å². The summed E-state index contributed by atoms with van der Waals surface area (Å²) in [5, 5.41) is 9.11. The second-order valence-corrected chi connectivity index (χ2v) is 7.25. The number of carboxylic acid groups (broad SMARTS) is 1. The van der Waals surface area contributed by atoms with E-state index in [9.17, 15) is 4.79 Å². The number of ether oxygens (including phenoxy) is 1. The average Bonchev–Trinajstić information content (AvgIpc) is 2.65. The van der Waals surface area contributed by atoms with Crippen molar-refractivity contribution >= 4 is 5.97 Å². The standard InChI is InChI=1S/C23H38O3/c1-2-3-4-5-6-7-8-9-10-11-12-13-14-17-20-26-22-19-16-15-18-21(22)23(24)25/h15-16,18-19H,2-14,17,20H2,1H3,(H,24,25). The van der Waals surface area contributed by atoms with E-state index < -0.39 is 5.97 Å². The molecule has 0 aliphatic carbocycles. The molecule has 1 aromatic carbocycles. The van der Waals surface area contributed by atoms with Crippen LogP contribution in [0.15, 0.2) is 24.3 Å². The Kier molecular flexibility index (Phi) is 13.6. The largest absolute Gasteiger partial charge is 0.493 e. The normalized spacial score (nSPS) is 10.8. The van der Waals surface area contributed by atoms with Gasteiger partial charge in [-0.05, 0) is 18.6 Å². The smallest absolute Gasteiger partial charge is 0.339 e. The lowest BCUT2D eigenvalue weighted by atomic mass is 10.0. The summed E-state index contributed by atoms with van der Waals surface area (Å²) in [6, 6.07) is 6.85. The molecule has 0 aromatic heterocycles. The highest BCUT2D eigenvalue weighted by Gasteiger charge is 2.09. The summed E-state index contributed by atoms with van der Waals surface area (Å²) in [5.74, 6) is -0.448. The molecule has 1 N–H and O–H groups in total. The number of para-hydroxylation sites is 1. The van der Waals surface area contributed by atoms with Gasteiger partial charge in [-0.3, -0.25) is 0 Å². The van der Waals surface area contributed by atoms with E-state index in [0.29, 0.717) is 12.4 Å². The maximum atomic E-state index is 11.1. The minimum atomic E-state index is -0.929. The van der Waals surface area contributed by atoms with E-state index in [1.165, 1.54) is 77.0 Å². The fraction of sp³-hybridized carbons (Fsp3) is 0.696. The molecule has 0 aliphatic heterocycles. The monoisotopic (exact) mass is 362 g/mol. The molecule has 0 fully saturated rings. The van der Waals surface area contributed by atoms with Gasteiger partial charge in [0.1, 0.15) is 11.3 Å². The van der Waals surface area contributed by atoms with Crippen molar-refractivity contribution in [3.63, 3.8) is 0 Å². The minimum Gasteiger partial charge on any atom is -0.493 e. The molecule has 0 amide bonds. The molecule has 0 heterocycles. The molecule has 0 aliphatic rings.